The summed E-state index contributed by atoms with van der Waals surface area (Å²) in [5.41, 5.74) is 5.07. The van der Waals surface area contributed by atoms with Crippen LogP contribution in [0.2, 0.25) is 0 Å². The number of benzene rings is 2. The van der Waals surface area contributed by atoms with Gasteiger partial charge in [-0.1, -0.05) is 36.4 Å². The average Bonchev–Trinajstić information content (AvgIpc) is 2.61. The highest BCUT2D eigenvalue weighted by molar-refractivity contribution is 5.99. The van der Waals surface area contributed by atoms with Gasteiger partial charge in [0.05, 0.1) is 11.6 Å². The summed E-state index contributed by atoms with van der Waals surface area (Å²) in [4.78, 5) is 2.26. The number of nitriles is 1. The second kappa shape index (κ2) is 4.62. The first-order valence-electron chi connectivity index (χ1n) is 6.43. The maximum absolute atomic E-state index is 9.41. The number of rotatable bonds is 1. The molecule has 3 rings (SSSR count). The van der Waals surface area contributed by atoms with Gasteiger partial charge in [0.1, 0.15) is 0 Å². The van der Waals surface area contributed by atoms with E-state index < -0.39 is 0 Å². The Balaban J connectivity index is 2.35. The fourth-order valence-electron chi connectivity index (χ4n) is 2.59. The molecule has 0 saturated carbocycles. The molecule has 0 spiro atoms. The fraction of sp³-hybridized carbons (Fsp3) is 0.118. The van der Waals surface area contributed by atoms with Gasteiger partial charge in [0.2, 0.25) is 0 Å². The van der Waals surface area contributed by atoms with Crippen molar-refractivity contribution < 1.29 is 0 Å². The molecule has 0 amide bonds. The van der Waals surface area contributed by atoms with Gasteiger partial charge >= 0.3 is 0 Å². The highest BCUT2D eigenvalue weighted by Gasteiger charge is 2.19. The number of para-hydroxylation sites is 2. The zero-order valence-electron chi connectivity index (χ0n) is 10.8. The van der Waals surface area contributed by atoms with Crippen LogP contribution >= 0.6 is 0 Å². The Hall–Kier alpha value is -2.53. The normalized spacial score (nSPS) is 12.8. The molecule has 0 fully saturated rings. The van der Waals surface area contributed by atoms with Gasteiger partial charge in [-0.2, -0.15) is 5.26 Å². The van der Waals surface area contributed by atoms with Crippen LogP contribution in [0.1, 0.15) is 18.1 Å². The third-order valence-electron chi connectivity index (χ3n) is 3.45. The average molecular weight is 246 g/mol. The van der Waals surface area contributed by atoms with E-state index >= 15 is 0 Å². The van der Waals surface area contributed by atoms with Crippen molar-refractivity contribution in [2.75, 3.05) is 11.4 Å². The van der Waals surface area contributed by atoms with E-state index in [1.54, 1.807) is 0 Å². The molecule has 2 heteroatoms. The Morgan fingerprint density at radius 1 is 1.00 bits per heavy atom. The lowest BCUT2D eigenvalue weighted by Crippen LogP contribution is -2.17. The third-order valence-corrected chi connectivity index (χ3v) is 3.45. The minimum absolute atomic E-state index is 0.721. The smallest absolute Gasteiger partial charge is 0.0998 e. The molecular weight excluding hydrogens is 232 g/mol. The fourth-order valence-corrected chi connectivity index (χ4v) is 2.59. The molecule has 0 saturated heterocycles. The topological polar surface area (TPSA) is 27.0 Å². The summed E-state index contributed by atoms with van der Waals surface area (Å²) in [6, 6.07) is 18.6. The molecule has 0 N–H and O–H groups in total. The van der Waals surface area contributed by atoms with Crippen molar-refractivity contribution in [1.82, 2.24) is 0 Å². The number of hydrogen-bond acceptors (Lipinski definition) is 2. The quantitative estimate of drug-likeness (QED) is 0.753. The van der Waals surface area contributed by atoms with Crippen molar-refractivity contribution in [3.05, 3.63) is 59.7 Å². The lowest BCUT2D eigenvalue weighted by molar-refractivity contribution is 1.02. The molecule has 1 aliphatic rings. The van der Waals surface area contributed by atoms with Crippen molar-refractivity contribution in [2.45, 2.75) is 6.92 Å². The Morgan fingerprint density at radius 3 is 2.42 bits per heavy atom. The summed E-state index contributed by atoms with van der Waals surface area (Å²) < 4.78 is 0. The summed E-state index contributed by atoms with van der Waals surface area (Å²) in [6.07, 6.45) is 1.98. The highest BCUT2D eigenvalue weighted by Crippen LogP contribution is 2.38. The van der Waals surface area contributed by atoms with Crippen LogP contribution in [0.4, 0.5) is 11.4 Å². The predicted molar refractivity (Wildman–Crippen MR) is 79.0 cm³/mol. The van der Waals surface area contributed by atoms with Crippen LogP contribution in [-0.4, -0.2) is 6.54 Å². The van der Waals surface area contributed by atoms with E-state index in [0.29, 0.717) is 0 Å². The van der Waals surface area contributed by atoms with E-state index in [-0.39, 0.29) is 0 Å². The molecule has 0 radical (unpaired) electrons. The van der Waals surface area contributed by atoms with Gasteiger partial charge in [0.15, 0.2) is 0 Å². The number of anilines is 2. The molecular formula is C17H14N2. The monoisotopic (exact) mass is 246 g/mol. The summed E-state index contributed by atoms with van der Waals surface area (Å²) in [5, 5.41) is 9.41. The Bertz CT molecular complexity index is 692. The van der Waals surface area contributed by atoms with Crippen LogP contribution in [0, 0.1) is 11.3 Å². The van der Waals surface area contributed by atoms with Gasteiger partial charge in [-0.25, -0.2) is 0 Å². The Kier molecular flexibility index (Phi) is 2.81. The van der Waals surface area contributed by atoms with Gasteiger partial charge in [0, 0.05) is 23.5 Å². The van der Waals surface area contributed by atoms with E-state index in [2.05, 4.69) is 36.1 Å². The predicted octanol–water partition coefficient (Wildman–Crippen LogP) is 4.22. The molecule has 1 aliphatic heterocycles. The number of fused-ring (bicyclic) bond motifs is 2. The van der Waals surface area contributed by atoms with Crippen LogP contribution in [0.5, 0.6) is 0 Å². The van der Waals surface area contributed by atoms with Gasteiger partial charge in [-0.15, -0.1) is 0 Å². The molecule has 19 heavy (non-hydrogen) atoms. The van der Waals surface area contributed by atoms with Crippen molar-refractivity contribution >= 4 is 23.0 Å². The molecule has 0 aromatic heterocycles. The number of hydrogen-bond donors (Lipinski definition) is 0. The van der Waals surface area contributed by atoms with Crippen molar-refractivity contribution in [1.29, 1.82) is 5.26 Å². The molecule has 0 bridgehead atoms. The molecule has 0 aliphatic carbocycles. The molecule has 1 heterocycles. The van der Waals surface area contributed by atoms with Crippen LogP contribution in [0.3, 0.4) is 0 Å². The van der Waals surface area contributed by atoms with Crippen LogP contribution in [-0.2, 0) is 0 Å². The standard InChI is InChI=1S/C17H14N2/c1-2-19-16-9-5-3-7-13(16)11-14(12-18)15-8-4-6-10-17(15)19/h3-11H,2H2,1H3. The van der Waals surface area contributed by atoms with Crippen molar-refractivity contribution in [2.24, 2.45) is 0 Å². The first-order valence-corrected chi connectivity index (χ1v) is 6.43. The first-order chi connectivity index (χ1) is 9.35. The number of nitrogens with zero attached hydrogens (tertiary/aromatic N) is 2. The maximum Gasteiger partial charge on any atom is 0.0998 e. The second-order valence-corrected chi connectivity index (χ2v) is 4.49. The molecule has 2 nitrogen and oxygen atoms in total. The molecule has 92 valence electrons. The van der Waals surface area contributed by atoms with E-state index in [1.807, 2.05) is 36.4 Å². The van der Waals surface area contributed by atoms with Gasteiger partial charge in [-0.3, -0.25) is 0 Å². The maximum atomic E-state index is 9.41. The summed E-state index contributed by atoms with van der Waals surface area (Å²) >= 11 is 0. The largest absolute Gasteiger partial charge is 0.341 e. The van der Waals surface area contributed by atoms with Gasteiger partial charge < -0.3 is 4.90 Å². The third kappa shape index (κ3) is 1.80. The van der Waals surface area contributed by atoms with E-state index in [1.165, 1.54) is 0 Å². The van der Waals surface area contributed by atoms with Crippen LogP contribution < -0.4 is 4.90 Å². The molecule has 0 unspecified atom stereocenters. The molecule has 2 aromatic rings. The van der Waals surface area contributed by atoms with Crippen LogP contribution in [0.25, 0.3) is 11.6 Å². The van der Waals surface area contributed by atoms with Gasteiger partial charge in [-0.05, 0) is 30.7 Å². The Labute approximate surface area is 113 Å². The second-order valence-electron chi connectivity index (χ2n) is 4.49. The van der Waals surface area contributed by atoms with E-state index in [4.69, 9.17) is 0 Å². The highest BCUT2D eigenvalue weighted by atomic mass is 15.1. The lowest BCUT2D eigenvalue weighted by Gasteiger charge is -2.25. The first kappa shape index (κ1) is 11.6. The lowest BCUT2D eigenvalue weighted by atomic mass is 10.0. The minimum atomic E-state index is 0.721. The minimum Gasteiger partial charge on any atom is -0.341 e. The van der Waals surface area contributed by atoms with Gasteiger partial charge in [0.25, 0.3) is 0 Å². The number of allylic oxidation sites excluding steroid dienone is 1. The van der Waals surface area contributed by atoms with Crippen molar-refractivity contribution in [3.8, 4) is 6.07 Å². The van der Waals surface area contributed by atoms with Crippen LogP contribution in [0.15, 0.2) is 48.5 Å². The summed E-state index contributed by atoms with van der Waals surface area (Å²) in [5.74, 6) is 0. The Morgan fingerprint density at radius 2 is 1.68 bits per heavy atom. The zero-order valence-corrected chi connectivity index (χ0v) is 10.8. The van der Waals surface area contributed by atoms with E-state index in [9.17, 15) is 5.26 Å². The summed E-state index contributed by atoms with van der Waals surface area (Å²) in [6.45, 7) is 3.01. The molecule has 0 atom stereocenters. The SMILES string of the molecule is CCN1c2ccccc2C=C(C#N)c2ccccc21. The van der Waals surface area contributed by atoms with Crippen molar-refractivity contribution in [3.63, 3.8) is 0 Å². The molecule has 2 aromatic carbocycles. The van der Waals surface area contributed by atoms with E-state index in [0.717, 1.165) is 34.6 Å². The summed E-state index contributed by atoms with van der Waals surface area (Å²) in [7, 11) is 0. The zero-order chi connectivity index (χ0) is 13.2.